The summed E-state index contributed by atoms with van der Waals surface area (Å²) < 4.78 is 6.14. The fourth-order valence-corrected chi connectivity index (χ4v) is 4.56. The van der Waals surface area contributed by atoms with Gasteiger partial charge in [-0.1, -0.05) is 26.2 Å². The maximum atomic E-state index is 13.0. The third kappa shape index (κ3) is 2.80. The van der Waals surface area contributed by atoms with Crippen LogP contribution in [0, 0.1) is 11.3 Å². The first kappa shape index (κ1) is 14.5. The lowest BCUT2D eigenvalue weighted by Gasteiger charge is -2.45. The monoisotopic (exact) mass is 279 g/mol. The highest BCUT2D eigenvalue weighted by Gasteiger charge is 2.45. The molecule has 3 nitrogen and oxygen atoms in total. The standard InChI is InChI=1S/C17H29NO2/c1-16(7-5-10-18-13-16)15(19)14-6-11-20-17(12-14)8-3-2-4-9-17/h14,18H,2-13H2,1H3. The summed E-state index contributed by atoms with van der Waals surface area (Å²) in [5.41, 5.74) is -0.0780. The number of hydrogen-bond donors (Lipinski definition) is 1. The Morgan fingerprint density at radius 1 is 1.15 bits per heavy atom. The van der Waals surface area contributed by atoms with Crippen molar-refractivity contribution in [2.45, 2.75) is 70.3 Å². The van der Waals surface area contributed by atoms with Gasteiger partial charge in [-0.25, -0.2) is 0 Å². The lowest BCUT2D eigenvalue weighted by atomic mass is 9.68. The lowest BCUT2D eigenvalue weighted by Crippen LogP contribution is -2.50. The summed E-state index contributed by atoms with van der Waals surface area (Å²) >= 11 is 0. The molecule has 0 aromatic carbocycles. The van der Waals surface area contributed by atoms with Gasteiger partial charge in [0.15, 0.2) is 0 Å². The predicted molar refractivity (Wildman–Crippen MR) is 79.7 cm³/mol. The molecule has 3 heteroatoms. The van der Waals surface area contributed by atoms with E-state index in [2.05, 4.69) is 12.2 Å². The molecule has 0 aromatic rings. The number of Topliss-reactive ketones (excluding diaryl/α,β-unsaturated/α-hetero) is 1. The first-order valence-electron chi connectivity index (χ1n) is 8.53. The van der Waals surface area contributed by atoms with Crippen molar-refractivity contribution in [3.05, 3.63) is 0 Å². The Morgan fingerprint density at radius 3 is 2.65 bits per heavy atom. The molecular formula is C17H29NO2. The molecule has 0 radical (unpaired) electrons. The minimum absolute atomic E-state index is 0.0509. The van der Waals surface area contributed by atoms with E-state index in [0.29, 0.717) is 5.78 Å². The maximum Gasteiger partial charge on any atom is 0.143 e. The van der Waals surface area contributed by atoms with Crippen molar-refractivity contribution in [1.82, 2.24) is 5.32 Å². The van der Waals surface area contributed by atoms with Crippen LogP contribution in [-0.4, -0.2) is 31.1 Å². The summed E-state index contributed by atoms with van der Waals surface area (Å²) in [5, 5.41) is 3.41. The van der Waals surface area contributed by atoms with Crippen LogP contribution in [0.1, 0.15) is 64.7 Å². The van der Waals surface area contributed by atoms with E-state index >= 15 is 0 Å². The second-order valence-corrected chi connectivity index (χ2v) is 7.49. The van der Waals surface area contributed by atoms with Gasteiger partial charge in [0.05, 0.1) is 5.60 Å². The molecular weight excluding hydrogens is 250 g/mol. The minimum atomic E-state index is -0.129. The molecule has 0 aromatic heterocycles. The van der Waals surface area contributed by atoms with Gasteiger partial charge in [0.1, 0.15) is 5.78 Å². The molecule has 3 rings (SSSR count). The highest BCUT2D eigenvalue weighted by molar-refractivity contribution is 5.87. The van der Waals surface area contributed by atoms with E-state index < -0.39 is 0 Å². The SMILES string of the molecule is CC1(C(=O)C2CCOC3(CCCCC3)C2)CCCNC1. The van der Waals surface area contributed by atoms with Crippen LogP contribution < -0.4 is 5.32 Å². The molecule has 2 heterocycles. The molecule has 2 saturated heterocycles. The Balaban J connectivity index is 1.68. The third-order valence-corrected chi connectivity index (χ3v) is 5.82. The molecule has 0 bridgehead atoms. The maximum absolute atomic E-state index is 13.0. The number of ether oxygens (including phenoxy) is 1. The van der Waals surface area contributed by atoms with Crippen LogP contribution in [-0.2, 0) is 9.53 Å². The van der Waals surface area contributed by atoms with E-state index in [1.165, 1.54) is 32.1 Å². The van der Waals surface area contributed by atoms with Gasteiger partial charge in [-0.15, -0.1) is 0 Å². The number of ketones is 1. The summed E-state index contributed by atoms with van der Waals surface area (Å²) in [6, 6.07) is 0. The fourth-order valence-electron chi connectivity index (χ4n) is 4.56. The average molecular weight is 279 g/mol. The summed E-state index contributed by atoms with van der Waals surface area (Å²) in [4.78, 5) is 13.0. The third-order valence-electron chi connectivity index (χ3n) is 5.82. The predicted octanol–water partition coefficient (Wildman–Crippen LogP) is 3.07. The summed E-state index contributed by atoms with van der Waals surface area (Å²) in [5.74, 6) is 0.754. The van der Waals surface area contributed by atoms with E-state index in [1.54, 1.807) is 0 Å². The van der Waals surface area contributed by atoms with Gasteiger partial charge >= 0.3 is 0 Å². The Morgan fingerprint density at radius 2 is 1.95 bits per heavy atom. The highest BCUT2D eigenvalue weighted by atomic mass is 16.5. The van der Waals surface area contributed by atoms with E-state index in [9.17, 15) is 4.79 Å². The van der Waals surface area contributed by atoms with Crippen molar-refractivity contribution in [3.8, 4) is 0 Å². The van der Waals surface area contributed by atoms with Crippen LogP contribution in [0.4, 0.5) is 0 Å². The van der Waals surface area contributed by atoms with Gasteiger partial charge in [0, 0.05) is 24.5 Å². The van der Waals surface area contributed by atoms with Crippen molar-refractivity contribution in [2.75, 3.05) is 19.7 Å². The Labute approximate surface area is 122 Å². The smallest absolute Gasteiger partial charge is 0.143 e. The Kier molecular flexibility index (Phi) is 4.19. The first-order chi connectivity index (χ1) is 9.64. The molecule has 2 aliphatic heterocycles. The molecule has 2 unspecified atom stereocenters. The number of nitrogens with one attached hydrogen (secondary N) is 1. The Hall–Kier alpha value is -0.410. The van der Waals surface area contributed by atoms with Crippen LogP contribution in [0.5, 0.6) is 0 Å². The molecule has 2 atom stereocenters. The number of hydrogen-bond acceptors (Lipinski definition) is 3. The quantitative estimate of drug-likeness (QED) is 0.844. The molecule has 20 heavy (non-hydrogen) atoms. The normalized spacial score (nSPS) is 37.8. The van der Waals surface area contributed by atoms with Gasteiger partial charge < -0.3 is 10.1 Å². The summed E-state index contributed by atoms with van der Waals surface area (Å²) in [7, 11) is 0. The van der Waals surface area contributed by atoms with Crippen molar-refractivity contribution >= 4 is 5.78 Å². The average Bonchev–Trinajstić information content (AvgIpc) is 2.48. The van der Waals surface area contributed by atoms with E-state index in [1.807, 2.05) is 0 Å². The van der Waals surface area contributed by atoms with Crippen molar-refractivity contribution in [2.24, 2.45) is 11.3 Å². The van der Waals surface area contributed by atoms with Crippen molar-refractivity contribution in [3.63, 3.8) is 0 Å². The topological polar surface area (TPSA) is 38.3 Å². The van der Waals surface area contributed by atoms with Crippen LogP contribution in [0.25, 0.3) is 0 Å². The molecule has 3 aliphatic rings. The van der Waals surface area contributed by atoms with Gasteiger partial charge in [0.25, 0.3) is 0 Å². The second-order valence-electron chi connectivity index (χ2n) is 7.49. The highest BCUT2D eigenvalue weighted by Crippen LogP contribution is 2.43. The van der Waals surface area contributed by atoms with Gasteiger partial charge in [-0.3, -0.25) is 4.79 Å². The van der Waals surface area contributed by atoms with Crippen molar-refractivity contribution in [1.29, 1.82) is 0 Å². The summed E-state index contributed by atoms with van der Waals surface area (Å²) in [6.45, 7) is 4.90. The van der Waals surface area contributed by atoms with E-state index in [0.717, 1.165) is 45.4 Å². The summed E-state index contributed by atoms with van der Waals surface area (Å²) in [6.07, 6.45) is 10.4. The number of rotatable bonds is 2. The van der Waals surface area contributed by atoms with Crippen molar-refractivity contribution < 1.29 is 9.53 Å². The minimum Gasteiger partial charge on any atom is -0.375 e. The number of piperidine rings is 1. The lowest BCUT2D eigenvalue weighted by molar-refractivity contribution is -0.151. The molecule has 1 saturated carbocycles. The zero-order valence-electron chi connectivity index (χ0n) is 12.9. The number of carbonyl (C=O) groups excluding carboxylic acids is 1. The first-order valence-corrected chi connectivity index (χ1v) is 8.53. The molecule has 3 fully saturated rings. The van der Waals surface area contributed by atoms with Crippen LogP contribution in [0.2, 0.25) is 0 Å². The van der Waals surface area contributed by atoms with Crippen LogP contribution in [0.15, 0.2) is 0 Å². The van der Waals surface area contributed by atoms with Gasteiger partial charge in [0.2, 0.25) is 0 Å². The molecule has 1 N–H and O–H groups in total. The van der Waals surface area contributed by atoms with E-state index in [4.69, 9.17) is 4.74 Å². The van der Waals surface area contributed by atoms with E-state index in [-0.39, 0.29) is 16.9 Å². The zero-order valence-corrected chi connectivity index (χ0v) is 12.9. The van der Waals surface area contributed by atoms with Crippen LogP contribution in [0.3, 0.4) is 0 Å². The zero-order chi connectivity index (χ0) is 14.1. The molecule has 1 spiro atoms. The Bertz CT molecular complexity index is 348. The van der Waals surface area contributed by atoms with Gasteiger partial charge in [-0.2, -0.15) is 0 Å². The second kappa shape index (κ2) is 5.76. The molecule has 0 amide bonds. The largest absolute Gasteiger partial charge is 0.375 e. The molecule has 1 aliphatic carbocycles. The van der Waals surface area contributed by atoms with Gasteiger partial charge in [-0.05, 0) is 45.1 Å². The number of carbonyl (C=O) groups is 1. The molecule has 114 valence electrons. The van der Waals surface area contributed by atoms with Crippen LogP contribution >= 0.6 is 0 Å². The fraction of sp³-hybridized carbons (Fsp3) is 0.941.